The summed E-state index contributed by atoms with van der Waals surface area (Å²) in [6, 6.07) is 0. The normalized spacial score (nSPS) is 14.9. The van der Waals surface area contributed by atoms with Crippen molar-refractivity contribution in [2.24, 2.45) is 0 Å². The number of nitrogens with zero attached hydrogens (tertiary/aromatic N) is 1. The molecule has 0 saturated heterocycles. The number of aliphatic hydroxyl groups excluding tert-OH is 1. The molecule has 0 aliphatic rings. The van der Waals surface area contributed by atoms with E-state index in [1.54, 1.807) is 6.08 Å². The molecule has 0 amide bonds. The minimum absolute atomic E-state index is 0.0509. The van der Waals surface area contributed by atoms with E-state index in [9.17, 15) is 24.2 Å². The highest BCUT2D eigenvalue weighted by Crippen LogP contribution is 2.38. The summed E-state index contributed by atoms with van der Waals surface area (Å²) < 4.78 is 33.7. The van der Waals surface area contributed by atoms with E-state index in [-0.39, 0.29) is 26.1 Å². The van der Waals surface area contributed by atoms with Gasteiger partial charge in [-0.2, -0.15) is 0 Å². The number of likely N-dealkylation sites (N-methyl/N-ethyl adjacent to an activating group) is 1. The van der Waals surface area contributed by atoms with Gasteiger partial charge in [-0.3, -0.25) is 14.2 Å². The van der Waals surface area contributed by atoms with Crippen LogP contribution in [0.1, 0.15) is 142 Å². The molecule has 0 rings (SSSR count). The molecule has 56 heavy (non-hydrogen) atoms. The summed E-state index contributed by atoms with van der Waals surface area (Å²) in [6.07, 6.45) is 41.3. The number of phosphoric ester groups is 1. The largest absolute Gasteiger partial charge is 0.756 e. The molecule has 0 saturated carbocycles. The van der Waals surface area contributed by atoms with Crippen LogP contribution in [-0.4, -0.2) is 81.2 Å². The number of rotatable bonds is 37. The van der Waals surface area contributed by atoms with Crippen LogP contribution in [0.15, 0.2) is 72.9 Å². The fourth-order valence-electron chi connectivity index (χ4n) is 5.23. The lowest BCUT2D eigenvalue weighted by molar-refractivity contribution is -0.870. The molecule has 0 aromatic rings. The Morgan fingerprint density at radius 2 is 1.25 bits per heavy atom. The smallest absolute Gasteiger partial charge is 0.306 e. The fraction of sp³-hybridized carbons (Fsp3) is 0.689. The number of phosphoric acid groups is 1. The van der Waals surface area contributed by atoms with Crippen molar-refractivity contribution in [3.8, 4) is 0 Å². The first-order chi connectivity index (χ1) is 26.9. The Balaban J connectivity index is 4.53. The van der Waals surface area contributed by atoms with E-state index in [0.29, 0.717) is 30.3 Å². The van der Waals surface area contributed by atoms with Crippen LogP contribution in [0.25, 0.3) is 0 Å². The van der Waals surface area contributed by atoms with Crippen LogP contribution >= 0.6 is 7.82 Å². The quantitative estimate of drug-likeness (QED) is 0.0163. The Kier molecular flexibility index (Phi) is 35.0. The number of esters is 2. The fourth-order valence-corrected chi connectivity index (χ4v) is 5.96. The summed E-state index contributed by atoms with van der Waals surface area (Å²) in [5, 5.41) is 9.84. The minimum atomic E-state index is -4.65. The SMILES string of the molecule is CC/C=C\CC(O)/C=C/C=C/C/C=C\C/C=C\C/C=C\CCC(=O)OC[C@H](COP(=O)([O-])OCC[N+](C)(C)C)OC(=O)CCCCCCCCCCCCCC. The first kappa shape index (κ1) is 53.4. The molecular weight excluding hydrogens is 729 g/mol. The highest BCUT2D eigenvalue weighted by molar-refractivity contribution is 7.45. The summed E-state index contributed by atoms with van der Waals surface area (Å²) in [5.74, 6) is -0.959. The molecule has 0 heterocycles. The van der Waals surface area contributed by atoms with Crippen LogP contribution in [0.2, 0.25) is 0 Å². The van der Waals surface area contributed by atoms with Gasteiger partial charge in [0.1, 0.15) is 19.8 Å². The summed E-state index contributed by atoms with van der Waals surface area (Å²) in [5.41, 5.74) is 0. The van der Waals surface area contributed by atoms with E-state index in [4.69, 9.17) is 18.5 Å². The van der Waals surface area contributed by atoms with Crippen LogP contribution < -0.4 is 4.89 Å². The second-order valence-corrected chi connectivity index (χ2v) is 16.6. The Labute approximate surface area is 341 Å². The zero-order chi connectivity index (χ0) is 41.6. The van der Waals surface area contributed by atoms with Crippen molar-refractivity contribution in [3.63, 3.8) is 0 Å². The van der Waals surface area contributed by atoms with Gasteiger partial charge in [-0.1, -0.05) is 157 Å². The Morgan fingerprint density at radius 3 is 1.84 bits per heavy atom. The maximum Gasteiger partial charge on any atom is 0.306 e. The average molecular weight is 808 g/mol. The van der Waals surface area contributed by atoms with Crippen molar-refractivity contribution in [2.75, 3.05) is 47.5 Å². The molecule has 0 aliphatic heterocycles. The van der Waals surface area contributed by atoms with Gasteiger partial charge in [-0.25, -0.2) is 0 Å². The number of hydrogen-bond donors (Lipinski definition) is 1. The second kappa shape index (κ2) is 36.7. The van der Waals surface area contributed by atoms with Gasteiger partial charge in [-0.15, -0.1) is 0 Å². The van der Waals surface area contributed by atoms with E-state index < -0.39 is 38.6 Å². The third kappa shape index (κ3) is 39.6. The number of allylic oxidation sites excluding steroid dienone is 10. The molecule has 11 heteroatoms. The molecule has 10 nitrogen and oxygen atoms in total. The van der Waals surface area contributed by atoms with Gasteiger partial charge in [0.15, 0.2) is 6.10 Å². The number of unbranched alkanes of at least 4 members (excludes halogenated alkanes) is 11. The van der Waals surface area contributed by atoms with E-state index in [0.717, 1.165) is 44.9 Å². The van der Waals surface area contributed by atoms with Gasteiger partial charge in [-0.05, 0) is 44.9 Å². The maximum atomic E-state index is 12.6. The third-order valence-corrected chi connectivity index (χ3v) is 9.55. The molecule has 0 aromatic heterocycles. The zero-order valence-corrected chi connectivity index (χ0v) is 36.6. The van der Waals surface area contributed by atoms with Crippen molar-refractivity contribution in [3.05, 3.63) is 72.9 Å². The van der Waals surface area contributed by atoms with Gasteiger partial charge in [0, 0.05) is 12.8 Å². The van der Waals surface area contributed by atoms with Crippen molar-refractivity contribution in [2.45, 2.75) is 154 Å². The van der Waals surface area contributed by atoms with Crippen molar-refractivity contribution >= 4 is 19.8 Å². The van der Waals surface area contributed by atoms with E-state index in [1.807, 2.05) is 63.7 Å². The van der Waals surface area contributed by atoms with Gasteiger partial charge in [0.25, 0.3) is 7.82 Å². The van der Waals surface area contributed by atoms with Crippen LogP contribution in [0.3, 0.4) is 0 Å². The van der Waals surface area contributed by atoms with Crippen LogP contribution in [-0.2, 0) is 32.7 Å². The van der Waals surface area contributed by atoms with Gasteiger partial charge < -0.3 is 33.0 Å². The van der Waals surface area contributed by atoms with Crippen LogP contribution in [0, 0.1) is 0 Å². The Hall–Kier alpha value is -2.59. The Morgan fingerprint density at radius 1 is 0.679 bits per heavy atom. The van der Waals surface area contributed by atoms with E-state index in [2.05, 4.69) is 38.2 Å². The van der Waals surface area contributed by atoms with Crippen molar-refractivity contribution < 1.29 is 47.2 Å². The van der Waals surface area contributed by atoms with Gasteiger partial charge in [0.05, 0.1) is 33.9 Å². The van der Waals surface area contributed by atoms with Crippen molar-refractivity contribution in [1.29, 1.82) is 0 Å². The molecule has 0 aromatic carbocycles. The van der Waals surface area contributed by atoms with E-state index in [1.165, 1.54) is 51.4 Å². The highest BCUT2D eigenvalue weighted by Gasteiger charge is 2.21. The zero-order valence-electron chi connectivity index (χ0n) is 35.7. The number of ether oxygens (including phenoxy) is 2. The molecule has 0 fully saturated rings. The molecule has 2 unspecified atom stereocenters. The first-order valence-electron chi connectivity index (χ1n) is 21.3. The predicted molar refractivity (Wildman–Crippen MR) is 228 cm³/mol. The van der Waals surface area contributed by atoms with Crippen LogP contribution in [0.5, 0.6) is 0 Å². The van der Waals surface area contributed by atoms with E-state index >= 15 is 0 Å². The second-order valence-electron chi connectivity index (χ2n) is 15.2. The number of carbonyl (C=O) groups is 2. The summed E-state index contributed by atoms with van der Waals surface area (Å²) in [6.45, 7) is 3.89. The van der Waals surface area contributed by atoms with Gasteiger partial charge in [0.2, 0.25) is 0 Å². The lowest BCUT2D eigenvalue weighted by Crippen LogP contribution is -2.37. The molecule has 0 bridgehead atoms. The van der Waals surface area contributed by atoms with Crippen molar-refractivity contribution in [1.82, 2.24) is 0 Å². The average Bonchev–Trinajstić information content (AvgIpc) is 3.14. The maximum absolute atomic E-state index is 12.6. The predicted octanol–water partition coefficient (Wildman–Crippen LogP) is 10.2. The monoisotopic (exact) mass is 808 g/mol. The lowest BCUT2D eigenvalue weighted by Gasteiger charge is -2.28. The third-order valence-electron chi connectivity index (χ3n) is 8.58. The number of hydrogen-bond acceptors (Lipinski definition) is 9. The molecule has 1 N–H and O–H groups in total. The standard InChI is InChI=1S/C45H78NO9P/c1-6-8-10-11-12-13-14-19-23-26-29-33-37-45(49)55-43(41-54-56(50,51)53-39-38-46(3,4)5)40-52-44(48)36-32-28-25-22-20-17-15-16-18-21-24-27-31-35-42(47)34-30-9-7-2/h9,16-18,20,24-25,27-28,30-31,35,42-43,47H,6-8,10-15,19,21-23,26,29,32-34,36-41H2,1-5H3/b18-16-,20-17-,27-24+,28-25-,30-9-,35-31+/t42?,43-/m1/s1. The topological polar surface area (TPSA) is 131 Å². The molecule has 0 spiro atoms. The summed E-state index contributed by atoms with van der Waals surface area (Å²) >= 11 is 0. The molecule has 0 aliphatic carbocycles. The Bertz CT molecular complexity index is 1200. The molecule has 0 radical (unpaired) electrons. The molecular formula is C45H78NO9P. The van der Waals surface area contributed by atoms with Gasteiger partial charge >= 0.3 is 11.9 Å². The summed E-state index contributed by atoms with van der Waals surface area (Å²) in [4.78, 5) is 37.4. The van der Waals surface area contributed by atoms with Crippen LogP contribution in [0.4, 0.5) is 0 Å². The lowest BCUT2D eigenvalue weighted by atomic mass is 10.0. The first-order valence-corrected chi connectivity index (χ1v) is 22.7. The number of carbonyl (C=O) groups excluding carboxylic acids is 2. The molecule has 322 valence electrons. The number of quaternary nitrogens is 1. The molecule has 3 atom stereocenters. The minimum Gasteiger partial charge on any atom is -0.756 e. The summed E-state index contributed by atoms with van der Waals surface area (Å²) in [7, 11) is 1.09. The number of aliphatic hydroxyl groups is 1. The highest BCUT2D eigenvalue weighted by atomic mass is 31.2.